The number of halogens is 2. The molecule has 21 heavy (non-hydrogen) atoms. The van der Waals surface area contributed by atoms with Crippen LogP contribution in [0.5, 0.6) is 0 Å². The van der Waals surface area contributed by atoms with Gasteiger partial charge in [0, 0.05) is 13.1 Å². The van der Waals surface area contributed by atoms with Crippen LogP contribution in [0.15, 0.2) is 12.3 Å². The van der Waals surface area contributed by atoms with Gasteiger partial charge in [0.25, 0.3) is 5.91 Å². The summed E-state index contributed by atoms with van der Waals surface area (Å²) in [5.74, 6) is -1.39. The quantitative estimate of drug-likeness (QED) is 0.785. The van der Waals surface area contributed by atoms with E-state index >= 15 is 0 Å². The van der Waals surface area contributed by atoms with E-state index in [1.165, 1.54) is 4.90 Å². The number of pyridine rings is 1. The molecule has 0 saturated carbocycles. The van der Waals surface area contributed by atoms with Crippen molar-refractivity contribution in [1.29, 1.82) is 0 Å². The Balaban J connectivity index is 2.86. The Labute approximate surface area is 128 Å². The fraction of sp³-hybridized carbons (Fsp3) is 0.500. The summed E-state index contributed by atoms with van der Waals surface area (Å²) in [6, 6.07) is 1.03. The van der Waals surface area contributed by atoms with Gasteiger partial charge in [-0.05, 0) is 18.9 Å². The van der Waals surface area contributed by atoms with Crippen LogP contribution >= 0.6 is 11.6 Å². The molecule has 0 spiro atoms. The van der Waals surface area contributed by atoms with Crippen molar-refractivity contribution in [2.45, 2.75) is 26.7 Å². The molecule has 0 aromatic carbocycles. The van der Waals surface area contributed by atoms with Crippen molar-refractivity contribution in [3.05, 3.63) is 28.8 Å². The number of aromatic nitrogens is 1. The Morgan fingerprint density at radius 3 is 2.71 bits per heavy atom. The van der Waals surface area contributed by atoms with Gasteiger partial charge in [-0.2, -0.15) is 0 Å². The Morgan fingerprint density at radius 1 is 1.38 bits per heavy atom. The van der Waals surface area contributed by atoms with Crippen LogP contribution in [-0.4, -0.2) is 41.3 Å². The highest BCUT2D eigenvalue weighted by Gasteiger charge is 2.21. The molecule has 0 bridgehead atoms. The van der Waals surface area contributed by atoms with Gasteiger partial charge in [-0.15, -0.1) is 0 Å². The van der Waals surface area contributed by atoms with Gasteiger partial charge in [0.1, 0.15) is 11.0 Å². The van der Waals surface area contributed by atoms with Gasteiger partial charge >= 0.3 is 0 Å². The lowest BCUT2D eigenvalue weighted by Gasteiger charge is -2.22. The Morgan fingerprint density at radius 2 is 2.10 bits per heavy atom. The number of rotatable bonds is 7. The van der Waals surface area contributed by atoms with E-state index in [0.717, 1.165) is 18.7 Å². The van der Waals surface area contributed by atoms with Crippen molar-refractivity contribution in [3.8, 4) is 0 Å². The van der Waals surface area contributed by atoms with E-state index in [1.807, 2.05) is 13.8 Å². The molecule has 0 unspecified atom stereocenters. The molecule has 2 amide bonds. The molecule has 0 atom stereocenters. The van der Waals surface area contributed by atoms with E-state index in [4.69, 9.17) is 11.6 Å². The molecule has 116 valence electrons. The second-order valence-corrected chi connectivity index (χ2v) is 4.93. The van der Waals surface area contributed by atoms with Gasteiger partial charge in [-0.1, -0.05) is 25.4 Å². The Kier molecular flexibility index (Phi) is 7.08. The second-order valence-electron chi connectivity index (χ2n) is 4.57. The third-order valence-electron chi connectivity index (χ3n) is 2.72. The molecule has 1 rings (SSSR count). The van der Waals surface area contributed by atoms with Crippen LogP contribution in [0.2, 0.25) is 5.15 Å². The van der Waals surface area contributed by atoms with Crippen LogP contribution in [-0.2, 0) is 4.79 Å². The Bertz CT molecular complexity index is 511. The lowest BCUT2D eigenvalue weighted by atomic mass is 10.2. The number of carbonyl (C=O) groups excluding carboxylic acids is 2. The summed E-state index contributed by atoms with van der Waals surface area (Å²) in [4.78, 5) is 29.1. The fourth-order valence-electron chi connectivity index (χ4n) is 1.76. The lowest BCUT2D eigenvalue weighted by molar-refractivity contribution is -0.121. The average molecular weight is 316 g/mol. The van der Waals surface area contributed by atoms with E-state index in [9.17, 15) is 14.0 Å². The van der Waals surface area contributed by atoms with Crippen molar-refractivity contribution in [3.63, 3.8) is 0 Å². The minimum atomic E-state index is -0.644. The normalized spacial score (nSPS) is 10.3. The first-order chi connectivity index (χ1) is 9.99. The van der Waals surface area contributed by atoms with Crippen molar-refractivity contribution in [2.75, 3.05) is 19.6 Å². The van der Waals surface area contributed by atoms with Crippen LogP contribution in [0.4, 0.5) is 4.39 Å². The highest BCUT2D eigenvalue weighted by Crippen LogP contribution is 2.16. The molecular formula is C14H19ClFN3O2. The lowest BCUT2D eigenvalue weighted by Crippen LogP contribution is -2.41. The van der Waals surface area contributed by atoms with Crippen LogP contribution in [0.25, 0.3) is 0 Å². The smallest absolute Gasteiger partial charge is 0.257 e. The molecule has 1 N–H and O–H groups in total. The van der Waals surface area contributed by atoms with E-state index in [0.29, 0.717) is 19.5 Å². The number of hydrogen-bond acceptors (Lipinski definition) is 3. The van der Waals surface area contributed by atoms with Crippen LogP contribution in [0, 0.1) is 5.82 Å². The number of nitrogens with zero attached hydrogens (tertiary/aromatic N) is 2. The molecule has 0 saturated heterocycles. The molecular weight excluding hydrogens is 297 g/mol. The van der Waals surface area contributed by atoms with Gasteiger partial charge in [0.05, 0.1) is 18.3 Å². The SMILES string of the molecule is CCCNC(=O)CN(CCC)C(=O)c1cc(F)cnc1Cl. The second kappa shape index (κ2) is 8.56. The van der Waals surface area contributed by atoms with Crippen molar-refractivity contribution in [2.24, 2.45) is 0 Å². The van der Waals surface area contributed by atoms with E-state index in [1.54, 1.807) is 0 Å². The maximum atomic E-state index is 13.2. The molecule has 7 heteroatoms. The molecule has 0 fully saturated rings. The average Bonchev–Trinajstić information content (AvgIpc) is 2.46. The summed E-state index contributed by atoms with van der Waals surface area (Å²) in [5, 5.41) is 2.63. The molecule has 0 radical (unpaired) electrons. The van der Waals surface area contributed by atoms with Crippen molar-refractivity contribution < 1.29 is 14.0 Å². The van der Waals surface area contributed by atoms with E-state index in [-0.39, 0.29) is 23.2 Å². The third-order valence-corrected chi connectivity index (χ3v) is 3.02. The van der Waals surface area contributed by atoms with Crippen LogP contribution < -0.4 is 5.32 Å². The molecule has 1 aromatic rings. The first-order valence-electron chi connectivity index (χ1n) is 6.86. The largest absolute Gasteiger partial charge is 0.355 e. The van der Waals surface area contributed by atoms with Gasteiger partial charge in [0.2, 0.25) is 5.91 Å². The first-order valence-corrected chi connectivity index (χ1v) is 7.24. The van der Waals surface area contributed by atoms with Gasteiger partial charge in [-0.3, -0.25) is 9.59 Å². The predicted molar refractivity (Wildman–Crippen MR) is 78.7 cm³/mol. The zero-order valence-electron chi connectivity index (χ0n) is 12.2. The fourth-order valence-corrected chi connectivity index (χ4v) is 1.94. The molecule has 0 aliphatic carbocycles. The minimum Gasteiger partial charge on any atom is -0.355 e. The van der Waals surface area contributed by atoms with Gasteiger partial charge in [-0.25, -0.2) is 9.37 Å². The van der Waals surface area contributed by atoms with Crippen LogP contribution in [0.1, 0.15) is 37.0 Å². The molecule has 1 heterocycles. The van der Waals surface area contributed by atoms with Gasteiger partial charge in [0.15, 0.2) is 0 Å². The highest BCUT2D eigenvalue weighted by atomic mass is 35.5. The molecule has 0 aliphatic rings. The number of nitrogens with one attached hydrogen (secondary N) is 1. The first kappa shape index (κ1) is 17.4. The van der Waals surface area contributed by atoms with E-state index < -0.39 is 11.7 Å². The number of amides is 2. The maximum absolute atomic E-state index is 13.2. The van der Waals surface area contributed by atoms with E-state index in [2.05, 4.69) is 10.3 Å². The summed E-state index contributed by atoms with van der Waals surface area (Å²) in [6.45, 7) is 4.67. The summed E-state index contributed by atoms with van der Waals surface area (Å²) in [6.07, 6.45) is 2.43. The van der Waals surface area contributed by atoms with Crippen molar-refractivity contribution >= 4 is 23.4 Å². The molecule has 0 aliphatic heterocycles. The third kappa shape index (κ3) is 5.30. The van der Waals surface area contributed by atoms with Gasteiger partial charge < -0.3 is 10.2 Å². The zero-order valence-corrected chi connectivity index (χ0v) is 12.9. The molecule has 1 aromatic heterocycles. The Hall–Kier alpha value is -1.69. The topological polar surface area (TPSA) is 62.3 Å². The minimum absolute atomic E-state index is 0.0339. The summed E-state index contributed by atoms with van der Waals surface area (Å²) in [7, 11) is 0. The predicted octanol–water partition coefficient (Wildman–Crippen LogP) is 2.25. The summed E-state index contributed by atoms with van der Waals surface area (Å²) in [5.41, 5.74) is -0.0339. The van der Waals surface area contributed by atoms with Crippen LogP contribution in [0.3, 0.4) is 0 Å². The standard InChI is InChI=1S/C14H19ClFN3O2/c1-3-5-17-12(20)9-19(6-4-2)14(21)11-7-10(16)8-18-13(11)15/h7-8H,3-6,9H2,1-2H3,(H,17,20). The number of hydrogen-bond donors (Lipinski definition) is 1. The summed E-state index contributed by atoms with van der Waals surface area (Å²) >= 11 is 5.83. The molecule has 5 nitrogen and oxygen atoms in total. The zero-order chi connectivity index (χ0) is 15.8. The summed E-state index contributed by atoms with van der Waals surface area (Å²) < 4.78 is 13.2. The number of carbonyl (C=O) groups is 2. The highest BCUT2D eigenvalue weighted by molar-refractivity contribution is 6.32. The maximum Gasteiger partial charge on any atom is 0.257 e. The monoisotopic (exact) mass is 315 g/mol. The van der Waals surface area contributed by atoms with Crippen molar-refractivity contribution in [1.82, 2.24) is 15.2 Å².